The van der Waals surface area contributed by atoms with Gasteiger partial charge in [0.1, 0.15) is 16.9 Å². The van der Waals surface area contributed by atoms with Crippen LogP contribution in [0.4, 0.5) is 0 Å². The number of aromatic hydroxyl groups is 1. The molecule has 1 aromatic heterocycles. The molecule has 1 aromatic carbocycles. The maximum Gasteiger partial charge on any atom is 0.347 e. The van der Waals surface area contributed by atoms with Crippen molar-refractivity contribution in [3.8, 4) is 5.75 Å². The first-order valence-electron chi connectivity index (χ1n) is 6.34. The number of hydrogen-bond donors (Lipinski definition) is 1. The zero-order chi connectivity index (χ0) is 14.9. The number of phenolic OH excluding ortho intramolecular Hbond substituents is 1. The summed E-state index contributed by atoms with van der Waals surface area (Å²) in [5.41, 5.74) is 0.446. The number of benzene rings is 1. The number of rotatable bonds is 4. The summed E-state index contributed by atoms with van der Waals surface area (Å²) in [5, 5.41) is 10.2. The first-order chi connectivity index (χ1) is 9.38. The highest BCUT2D eigenvalue weighted by atomic mass is 35.5. The Kier molecular flexibility index (Phi) is 5.52. The summed E-state index contributed by atoms with van der Waals surface area (Å²) in [4.78, 5) is 25.8. The van der Waals surface area contributed by atoms with Gasteiger partial charge in [0.05, 0.1) is 0 Å². The van der Waals surface area contributed by atoms with E-state index in [-0.39, 0.29) is 41.5 Å². The van der Waals surface area contributed by atoms with Crippen molar-refractivity contribution in [2.24, 2.45) is 0 Å². The summed E-state index contributed by atoms with van der Waals surface area (Å²) in [5.74, 6) is -0.202. The van der Waals surface area contributed by atoms with Crippen LogP contribution in [0.2, 0.25) is 0 Å². The number of aryl methyl sites for hydroxylation is 1. The summed E-state index contributed by atoms with van der Waals surface area (Å²) >= 11 is 0. The molecular formula is C15H18ClNO4. The lowest BCUT2D eigenvalue weighted by molar-refractivity contribution is 0.0969. The molecule has 0 spiro atoms. The van der Waals surface area contributed by atoms with Crippen LogP contribution in [-0.2, 0) is 0 Å². The molecular weight excluding hydrogens is 294 g/mol. The highest BCUT2D eigenvalue weighted by Crippen LogP contribution is 2.24. The lowest BCUT2D eigenvalue weighted by Gasteiger charge is -2.08. The molecule has 2 rings (SSSR count). The molecule has 0 atom stereocenters. The average molecular weight is 312 g/mol. The Labute approximate surface area is 128 Å². The highest BCUT2D eigenvalue weighted by Gasteiger charge is 2.15. The van der Waals surface area contributed by atoms with E-state index in [1.54, 1.807) is 19.1 Å². The van der Waals surface area contributed by atoms with E-state index in [1.807, 2.05) is 19.0 Å². The number of hydrogen-bond acceptors (Lipinski definition) is 5. The number of nitrogens with zero attached hydrogens (tertiary/aromatic N) is 1. The van der Waals surface area contributed by atoms with Gasteiger partial charge in [-0.25, -0.2) is 4.79 Å². The summed E-state index contributed by atoms with van der Waals surface area (Å²) < 4.78 is 5.13. The van der Waals surface area contributed by atoms with E-state index >= 15 is 0 Å². The molecule has 0 aliphatic rings. The Morgan fingerprint density at radius 1 is 1.29 bits per heavy atom. The zero-order valence-electron chi connectivity index (χ0n) is 12.2. The first kappa shape index (κ1) is 17.2. The molecule has 0 amide bonds. The number of phenols is 1. The van der Waals surface area contributed by atoms with Crippen molar-refractivity contribution in [1.29, 1.82) is 0 Å². The van der Waals surface area contributed by atoms with Gasteiger partial charge in [-0.2, -0.15) is 0 Å². The second-order valence-corrected chi connectivity index (χ2v) is 5.10. The van der Waals surface area contributed by atoms with E-state index in [0.29, 0.717) is 11.9 Å². The van der Waals surface area contributed by atoms with Gasteiger partial charge in [-0.05, 0) is 38.7 Å². The molecule has 0 saturated heterocycles. The van der Waals surface area contributed by atoms with Crippen molar-refractivity contribution >= 4 is 29.2 Å². The lowest BCUT2D eigenvalue weighted by atomic mass is 10.0. The Balaban J connectivity index is 0.00000220. The molecule has 0 fully saturated rings. The van der Waals surface area contributed by atoms with E-state index in [4.69, 9.17) is 4.42 Å². The summed E-state index contributed by atoms with van der Waals surface area (Å²) in [6.45, 7) is 2.36. The third-order valence-corrected chi connectivity index (χ3v) is 3.13. The predicted molar refractivity (Wildman–Crippen MR) is 83.6 cm³/mol. The zero-order valence-corrected chi connectivity index (χ0v) is 13.0. The van der Waals surface area contributed by atoms with Gasteiger partial charge in [0, 0.05) is 24.4 Å². The largest absolute Gasteiger partial charge is 0.508 e. The second kappa shape index (κ2) is 6.74. The van der Waals surface area contributed by atoms with Gasteiger partial charge in [-0.3, -0.25) is 4.79 Å². The minimum atomic E-state index is -0.661. The fourth-order valence-electron chi connectivity index (χ4n) is 2.03. The molecule has 0 aliphatic heterocycles. The molecule has 21 heavy (non-hydrogen) atoms. The SMILES string of the molecule is Cc1cc(O)cc2oc(=O)c(C(=O)CCN(C)C)cc12.Cl. The van der Waals surface area contributed by atoms with Crippen molar-refractivity contribution < 1.29 is 14.3 Å². The van der Waals surface area contributed by atoms with Crippen molar-refractivity contribution in [3.05, 3.63) is 39.7 Å². The highest BCUT2D eigenvalue weighted by molar-refractivity contribution is 5.98. The van der Waals surface area contributed by atoms with E-state index in [2.05, 4.69) is 0 Å². The monoisotopic (exact) mass is 311 g/mol. The van der Waals surface area contributed by atoms with Crippen molar-refractivity contribution in [1.82, 2.24) is 4.90 Å². The number of Topliss-reactive ketones (excluding diaryl/α,β-unsaturated/α-hetero) is 1. The maximum atomic E-state index is 12.1. The van der Waals surface area contributed by atoms with Gasteiger partial charge < -0.3 is 14.4 Å². The number of carbonyl (C=O) groups is 1. The molecule has 114 valence electrons. The van der Waals surface area contributed by atoms with E-state index in [9.17, 15) is 14.7 Å². The maximum absolute atomic E-state index is 12.1. The molecule has 1 N–H and O–H groups in total. The fraction of sp³-hybridized carbons (Fsp3) is 0.333. The topological polar surface area (TPSA) is 70.8 Å². The minimum absolute atomic E-state index is 0. The third kappa shape index (κ3) is 3.83. The summed E-state index contributed by atoms with van der Waals surface area (Å²) in [6, 6.07) is 4.49. The Hall–Kier alpha value is -1.85. The van der Waals surface area contributed by atoms with E-state index in [0.717, 1.165) is 5.56 Å². The fourth-order valence-corrected chi connectivity index (χ4v) is 2.03. The Bertz CT molecular complexity index is 721. The van der Waals surface area contributed by atoms with Crippen LogP contribution in [0.3, 0.4) is 0 Å². The molecule has 0 aliphatic carbocycles. The van der Waals surface area contributed by atoms with Crippen molar-refractivity contribution in [2.75, 3.05) is 20.6 Å². The second-order valence-electron chi connectivity index (χ2n) is 5.10. The normalized spacial score (nSPS) is 10.7. The van der Waals surface area contributed by atoms with Gasteiger partial charge in [0.15, 0.2) is 5.78 Å². The van der Waals surface area contributed by atoms with Gasteiger partial charge in [-0.15, -0.1) is 12.4 Å². The first-order valence-corrected chi connectivity index (χ1v) is 6.34. The molecule has 0 unspecified atom stereocenters. The van der Waals surface area contributed by atoms with Crippen molar-refractivity contribution in [3.63, 3.8) is 0 Å². The van der Waals surface area contributed by atoms with Crippen LogP contribution < -0.4 is 5.63 Å². The predicted octanol–water partition coefficient (Wildman–Crippen LogP) is 2.36. The smallest absolute Gasteiger partial charge is 0.347 e. The summed E-state index contributed by atoms with van der Waals surface area (Å²) in [7, 11) is 3.73. The molecule has 2 aromatic rings. The van der Waals surface area contributed by atoms with Gasteiger partial charge >= 0.3 is 5.63 Å². The van der Waals surface area contributed by atoms with Crippen LogP contribution in [0, 0.1) is 6.92 Å². The molecule has 5 nitrogen and oxygen atoms in total. The lowest BCUT2D eigenvalue weighted by Crippen LogP contribution is -2.20. The number of ketones is 1. The molecule has 6 heteroatoms. The quantitative estimate of drug-likeness (QED) is 0.693. The average Bonchev–Trinajstić information content (AvgIpc) is 2.34. The molecule has 0 radical (unpaired) electrons. The Morgan fingerprint density at radius 2 is 1.95 bits per heavy atom. The van der Waals surface area contributed by atoms with Crippen LogP contribution in [-0.4, -0.2) is 36.4 Å². The van der Waals surface area contributed by atoms with Crippen molar-refractivity contribution in [2.45, 2.75) is 13.3 Å². The van der Waals surface area contributed by atoms with Crippen LogP contribution in [0.25, 0.3) is 11.0 Å². The molecule has 0 saturated carbocycles. The third-order valence-electron chi connectivity index (χ3n) is 3.13. The van der Waals surface area contributed by atoms with Gasteiger partial charge in [0.25, 0.3) is 0 Å². The molecule has 1 heterocycles. The number of carbonyl (C=O) groups excluding carboxylic acids is 1. The van der Waals surface area contributed by atoms with Crippen LogP contribution >= 0.6 is 12.4 Å². The standard InChI is InChI=1S/C15H17NO4.ClH/c1-9-6-10(17)7-14-11(9)8-12(15(19)20-14)13(18)4-5-16(2)3;/h6-8,17H,4-5H2,1-3H3;1H. The summed E-state index contributed by atoms with van der Waals surface area (Å²) in [6.07, 6.45) is 0.264. The minimum Gasteiger partial charge on any atom is -0.508 e. The number of fused-ring (bicyclic) bond motifs is 1. The number of halogens is 1. The van der Waals surface area contributed by atoms with Gasteiger partial charge in [-0.1, -0.05) is 0 Å². The molecule has 0 bridgehead atoms. The van der Waals surface area contributed by atoms with Crippen LogP contribution in [0.15, 0.2) is 27.4 Å². The van der Waals surface area contributed by atoms with E-state index in [1.165, 1.54) is 6.07 Å². The van der Waals surface area contributed by atoms with Crippen LogP contribution in [0.5, 0.6) is 5.75 Å². The van der Waals surface area contributed by atoms with Crippen LogP contribution in [0.1, 0.15) is 22.3 Å². The van der Waals surface area contributed by atoms with E-state index < -0.39 is 5.63 Å². The Morgan fingerprint density at radius 3 is 2.57 bits per heavy atom. The van der Waals surface area contributed by atoms with Gasteiger partial charge in [0.2, 0.25) is 0 Å².